The van der Waals surface area contributed by atoms with Gasteiger partial charge in [-0.2, -0.15) is 0 Å². The van der Waals surface area contributed by atoms with Crippen LogP contribution in [0.25, 0.3) is 0 Å². The Labute approximate surface area is 118 Å². The molecule has 1 aromatic rings. The summed E-state index contributed by atoms with van der Waals surface area (Å²) in [5, 5.41) is 0. The minimum atomic E-state index is -0.489. The second-order valence-corrected chi connectivity index (χ2v) is 5.91. The van der Waals surface area contributed by atoms with Gasteiger partial charge >= 0.3 is 5.97 Å². The standard InChI is InChI=1S/C16H19NO3/c17-15(18)13-4-2-1-3-12(13)9-20-16(19)14-8-10-5-6-11(14)7-10/h1-4,10-11,14H,5-9H2,(H2,17,18)/t10-,11-,14-/m0/s1. The van der Waals surface area contributed by atoms with Gasteiger partial charge in [0.1, 0.15) is 6.61 Å². The largest absolute Gasteiger partial charge is 0.461 e. The first kappa shape index (κ1) is 13.2. The highest BCUT2D eigenvalue weighted by Crippen LogP contribution is 2.48. The molecule has 2 N–H and O–H groups in total. The Bertz CT molecular complexity index is 540. The topological polar surface area (TPSA) is 69.4 Å². The molecule has 3 rings (SSSR count). The normalized spacial score (nSPS) is 27.5. The highest BCUT2D eigenvalue weighted by Gasteiger charge is 2.43. The smallest absolute Gasteiger partial charge is 0.309 e. The van der Waals surface area contributed by atoms with Gasteiger partial charge in [0, 0.05) is 11.1 Å². The van der Waals surface area contributed by atoms with Crippen LogP contribution < -0.4 is 5.73 Å². The van der Waals surface area contributed by atoms with E-state index in [2.05, 4.69) is 0 Å². The van der Waals surface area contributed by atoms with Gasteiger partial charge in [0.25, 0.3) is 0 Å². The van der Waals surface area contributed by atoms with Crippen molar-refractivity contribution in [1.82, 2.24) is 0 Å². The van der Waals surface area contributed by atoms with E-state index in [0.29, 0.717) is 17.0 Å². The van der Waals surface area contributed by atoms with Crippen LogP contribution in [0.1, 0.15) is 41.6 Å². The number of rotatable bonds is 4. The first-order chi connectivity index (χ1) is 9.65. The molecule has 0 aromatic heterocycles. The lowest BCUT2D eigenvalue weighted by Crippen LogP contribution is -2.23. The van der Waals surface area contributed by atoms with E-state index in [1.54, 1.807) is 18.2 Å². The molecule has 2 aliphatic rings. The van der Waals surface area contributed by atoms with Crippen LogP contribution in [0.3, 0.4) is 0 Å². The van der Waals surface area contributed by atoms with Crippen molar-refractivity contribution in [3.8, 4) is 0 Å². The Balaban J connectivity index is 1.62. The number of hydrogen-bond donors (Lipinski definition) is 1. The number of carbonyl (C=O) groups excluding carboxylic acids is 2. The zero-order valence-corrected chi connectivity index (χ0v) is 11.4. The molecule has 20 heavy (non-hydrogen) atoms. The van der Waals surface area contributed by atoms with Crippen LogP contribution in [0.5, 0.6) is 0 Å². The third-order valence-electron chi connectivity index (χ3n) is 4.69. The number of amides is 1. The molecule has 2 saturated carbocycles. The van der Waals surface area contributed by atoms with Crippen molar-refractivity contribution in [2.24, 2.45) is 23.5 Å². The van der Waals surface area contributed by atoms with Crippen molar-refractivity contribution in [3.05, 3.63) is 35.4 Å². The van der Waals surface area contributed by atoms with Gasteiger partial charge in [-0.05, 0) is 37.2 Å². The highest BCUT2D eigenvalue weighted by atomic mass is 16.5. The molecule has 0 heterocycles. The predicted molar refractivity (Wildman–Crippen MR) is 73.7 cm³/mol. The van der Waals surface area contributed by atoms with Gasteiger partial charge in [0.15, 0.2) is 0 Å². The van der Waals surface area contributed by atoms with Crippen LogP contribution in [0.2, 0.25) is 0 Å². The van der Waals surface area contributed by atoms with Crippen molar-refractivity contribution in [2.75, 3.05) is 0 Å². The Morgan fingerprint density at radius 2 is 2.00 bits per heavy atom. The summed E-state index contributed by atoms with van der Waals surface area (Å²) < 4.78 is 5.41. The molecule has 0 spiro atoms. The van der Waals surface area contributed by atoms with Crippen LogP contribution in [0, 0.1) is 17.8 Å². The van der Waals surface area contributed by atoms with Gasteiger partial charge < -0.3 is 10.5 Å². The summed E-state index contributed by atoms with van der Waals surface area (Å²) in [5.74, 6) is 0.692. The molecule has 3 atom stereocenters. The van der Waals surface area contributed by atoms with Crippen LogP contribution in [0.4, 0.5) is 0 Å². The quantitative estimate of drug-likeness (QED) is 0.855. The fourth-order valence-electron chi connectivity index (χ4n) is 3.68. The zero-order valence-electron chi connectivity index (χ0n) is 11.4. The molecule has 2 fully saturated rings. The average Bonchev–Trinajstić information content (AvgIpc) is 3.07. The number of primary amides is 1. The summed E-state index contributed by atoms with van der Waals surface area (Å²) >= 11 is 0. The summed E-state index contributed by atoms with van der Waals surface area (Å²) in [5.41, 5.74) is 6.41. The third-order valence-corrected chi connectivity index (χ3v) is 4.69. The molecule has 0 radical (unpaired) electrons. The van der Waals surface area contributed by atoms with Gasteiger partial charge in [-0.25, -0.2) is 0 Å². The van der Waals surface area contributed by atoms with Crippen molar-refractivity contribution in [3.63, 3.8) is 0 Å². The molecule has 0 saturated heterocycles. The first-order valence-electron chi connectivity index (χ1n) is 7.19. The molecule has 1 amide bonds. The van der Waals surface area contributed by atoms with E-state index in [0.717, 1.165) is 18.8 Å². The van der Waals surface area contributed by atoms with Gasteiger partial charge in [0.05, 0.1) is 5.92 Å². The van der Waals surface area contributed by atoms with Crippen LogP contribution in [-0.4, -0.2) is 11.9 Å². The van der Waals surface area contributed by atoms with Crippen molar-refractivity contribution in [2.45, 2.75) is 32.3 Å². The second-order valence-electron chi connectivity index (χ2n) is 5.91. The molecule has 106 valence electrons. The maximum Gasteiger partial charge on any atom is 0.309 e. The van der Waals surface area contributed by atoms with Crippen LogP contribution in [-0.2, 0) is 16.1 Å². The monoisotopic (exact) mass is 273 g/mol. The fourth-order valence-corrected chi connectivity index (χ4v) is 3.68. The van der Waals surface area contributed by atoms with Crippen molar-refractivity contribution in [1.29, 1.82) is 0 Å². The predicted octanol–water partition coefficient (Wildman–Crippen LogP) is 2.26. The van der Waals surface area contributed by atoms with Crippen molar-refractivity contribution >= 4 is 11.9 Å². The van der Waals surface area contributed by atoms with E-state index in [1.807, 2.05) is 6.07 Å². The lowest BCUT2D eigenvalue weighted by atomic mass is 9.89. The molecule has 2 aliphatic carbocycles. The Kier molecular flexibility index (Phi) is 3.47. The Morgan fingerprint density at radius 1 is 1.20 bits per heavy atom. The van der Waals surface area contributed by atoms with E-state index < -0.39 is 5.91 Å². The summed E-state index contributed by atoms with van der Waals surface area (Å²) in [6.45, 7) is 0.131. The van der Waals surface area contributed by atoms with Gasteiger partial charge in [0.2, 0.25) is 5.91 Å². The maximum atomic E-state index is 12.2. The minimum absolute atomic E-state index is 0.0643. The third kappa shape index (κ3) is 2.42. The summed E-state index contributed by atoms with van der Waals surface area (Å²) in [6, 6.07) is 6.99. The second kappa shape index (κ2) is 5.27. The van der Waals surface area contributed by atoms with Crippen LogP contribution in [0.15, 0.2) is 24.3 Å². The summed E-state index contributed by atoms with van der Waals surface area (Å²) in [6.07, 6.45) is 4.57. The number of benzene rings is 1. The molecule has 2 bridgehead atoms. The number of fused-ring (bicyclic) bond motifs is 2. The number of ether oxygens (including phenoxy) is 1. The Morgan fingerprint density at radius 3 is 2.65 bits per heavy atom. The van der Waals surface area contributed by atoms with Gasteiger partial charge in [-0.3, -0.25) is 9.59 Å². The SMILES string of the molecule is NC(=O)c1ccccc1COC(=O)[C@H]1C[C@H]2CC[C@H]1C2. The molecule has 1 aromatic carbocycles. The van der Waals surface area contributed by atoms with Crippen molar-refractivity contribution < 1.29 is 14.3 Å². The number of esters is 1. The van der Waals surface area contributed by atoms with E-state index >= 15 is 0 Å². The number of hydrogen-bond acceptors (Lipinski definition) is 3. The van der Waals surface area contributed by atoms with Gasteiger partial charge in [-0.15, -0.1) is 0 Å². The van der Waals surface area contributed by atoms with E-state index in [9.17, 15) is 9.59 Å². The van der Waals surface area contributed by atoms with E-state index in [-0.39, 0.29) is 18.5 Å². The zero-order chi connectivity index (χ0) is 14.1. The minimum Gasteiger partial charge on any atom is -0.461 e. The molecule has 0 aliphatic heterocycles. The first-order valence-corrected chi connectivity index (χ1v) is 7.19. The van der Waals surface area contributed by atoms with E-state index in [1.165, 1.54) is 12.8 Å². The van der Waals surface area contributed by atoms with Crippen LogP contribution >= 0.6 is 0 Å². The summed E-state index contributed by atoms with van der Waals surface area (Å²) in [4.78, 5) is 23.5. The Hall–Kier alpha value is -1.84. The summed E-state index contributed by atoms with van der Waals surface area (Å²) in [7, 11) is 0. The highest BCUT2D eigenvalue weighted by molar-refractivity contribution is 5.94. The number of nitrogens with two attached hydrogens (primary N) is 1. The molecule has 4 heteroatoms. The molecule has 0 unspecified atom stereocenters. The van der Waals surface area contributed by atoms with E-state index in [4.69, 9.17) is 10.5 Å². The average molecular weight is 273 g/mol. The molecular weight excluding hydrogens is 254 g/mol. The fraction of sp³-hybridized carbons (Fsp3) is 0.500. The molecule has 4 nitrogen and oxygen atoms in total. The lowest BCUT2D eigenvalue weighted by molar-refractivity contribution is -0.151. The van der Waals surface area contributed by atoms with Gasteiger partial charge in [-0.1, -0.05) is 24.6 Å². The lowest BCUT2D eigenvalue weighted by Gasteiger charge is -2.20. The molecular formula is C16H19NO3. The number of carbonyl (C=O) groups is 2. The maximum absolute atomic E-state index is 12.2.